The molecule has 0 aliphatic carbocycles. The maximum atomic E-state index is 13.6. The molecular weight excluding hydrogens is 1510 g/mol. The van der Waals surface area contributed by atoms with Crippen molar-refractivity contribution in [2.75, 3.05) is 159 Å². The Morgan fingerprint density at radius 3 is 1.04 bits per heavy atom. The zero-order chi connectivity index (χ0) is 77.6. The van der Waals surface area contributed by atoms with Crippen LogP contribution in [0.1, 0.15) is 160 Å². The number of hydrogen-bond donors (Lipinski definition) is 4. The van der Waals surface area contributed by atoms with E-state index in [4.69, 9.17) is 92.2 Å². The molecule has 0 radical (unpaired) electrons. The lowest BCUT2D eigenvalue weighted by Gasteiger charge is -2.33. The number of hydrogen-bond acceptors (Lipinski definition) is 16. The summed E-state index contributed by atoms with van der Waals surface area (Å²) < 4.78 is 34.9. The van der Waals surface area contributed by atoms with Gasteiger partial charge in [0.2, 0.25) is 17.7 Å². The number of amides is 6. The van der Waals surface area contributed by atoms with E-state index in [2.05, 4.69) is 95.1 Å². The van der Waals surface area contributed by atoms with Gasteiger partial charge in [-0.3, -0.25) is 28.8 Å². The second kappa shape index (κ2) is 38.8. The van der Waals surface area contributed by atoms with Crippen molar-refractivity contribution in [3.05, 3.63) is 205 Å². The molecule has 110 heavy (non-hydrogen) atoms. The monoisotopic (exact) mass is 1600 g/mol. The van der Waals surface area contributed by atoms with Crippen molar-refractivity contribution in [2.24, 2.45) is 5.73 Å². The van der Waals surface area contributed by atoms with Gasteiger partial charge in [0.15, 0.2) is 0 Å². The van der Waals surface area contributed by atoms with Gasteiger partial charge in [-0.05, 0) is 168 Å². The lowest BCUT2D eigenvalue weighted by Crippen LogP contribution is -2.44. The van der Waals surface area contributed by atoms with E-state index in [9.17, 15) is 28.8 Å². The first kappa shape index (κ1) is 82.6. The molecule has 27 heteroatoms. The van der Waals surface area contributed by atoms with E-state index in [1.165, 1.54) is 5.56 Å². The summed E-state index contributed by atoms with van der Waals surface area (Å²) in [4.78, 5) is 92.7. The third-order valence-corrected chi connectivity index (χ3v) is 23.2. The van der Waals surface area contributed by atoms with E-state index in [0.29, 0.717) is 117 Å². The zero-order valence-electron chi connectivity index (χ0n) is 63.3. The van der Waals surface area contributed by atoms with Gasteiger partial charge in [0, 0.05) is 183 Å². The lowest BCUT2D eigenvalue weighted by atomic mass is 9.83. The van der Waals surface area contributed by atoms with Crippen molar-refractivity contribution >= 4 is 93.4 Å². The molecule has 590 valence electrons. The molecule has 12 rings (SSSR count). The third kappa shape index (κ3) is 21.3. The number of ether oxygens (including phenoxy) is 6. The molecular formula is C83H101Cl5N10O12. The predicted molar refractivity (Wildman–Crippen MR) is 426 cm³/mol. The summed E-state index contributed by atoms with van der Waals surface area (Å²) in [5.74, 6) is -0.668. The quantitative estimate of drug-likeness (QED) is 0.0262. The van der Waals surface area contributed by atoms with Crippen LogP contribution in [-0.2, 0) is 82.1 Å². The molecule has 6 aliphatic rings. The summed E-state index contributed by atoms with van der Waals surface area (Å²) in [5, 5.41) is 11.9. The van der Waals surface area contributed by atoms with Crippen molar-refractivity contribution in [3.63, 3.8) is 0 Å². The number of benzene rings is 6. The molecule has 0 saturated heterocycles. The van der Waals surface area contributed by atoms with E-state index in [1.807, 2.05) is 47.4 Å². The number of aryl methyl sites for hydroxylation is 1. The molecule has 5 N–H and O–H groups in total. The first-order chi connectivity index (χ1) is 53.0. The summed E-state index contributed by atoms with van der Waals surface area (Å²) in [5.41, 5.74) is 22.0. The fraction of sp³-hybridized carbons (Fsp3) is 0.494. The first-order valence-corrected chi connectivity index (χ1v) is 40.1. The Bertz CT molecular complexity index is 3900. The molecule has 0 spiro atoms. The van der Waals surface area contributed by atoms with Crippen LogP contribution < -0.4 is 21.7 Å². The predicted octanol–water partition coefficient (Wildman–Crippen LogP) is 10.7. The van der Waals surface area contributed by atoms with E-state index >= 15 is 0 Å². The number of nitrogens with zero attached hydrogens (tertiary/aromatic N) is 6. The summed E-state index contributed by atoms with van der Waals surface area (Å²) in [6, 6.07) is 30.3. The molecule has 6 amide bonds. The Balaban J connectivity index is 0.528. The smallest absolute Gasteiger partial charge is 0.254 e. The van der Waals surface area contributed by atoms with Crippen LogP contribution in [-0.4, -0.2) is 230 Å². The first-order valence-electron chi connectivity index (χ1n) is 38.2. The zero-order valence-corrected chi connectivity index (χ0v) is 67.1. The van der Waals surface area contributed by atoms with Crippen LogP contribution in [0, 0.1) is 6.92 Å². The van der Waals surface area contributed by atoms with Crippen molar-refractivity contribution < 1.29 is 57.2 Å². The largest absolute Gasteiger partial charge is 0.377 e. The molecule has 3 unspecified atom stereocenters. The second-order valence-electron chi connectivity index (χ2n) is 30.0. The van der Waals surface area contributed by atoms with Crippen LogP contribution in [0.5, 0.6) is 0 Å². The molecule has 6 aromatic rings. The van der Waals surface area contributed by atoms with Gasteiger partial charge >= 0.3 is 0 Å². The van der Waals surface area contributed by atoms with E-state index in [1.54, 1.807) is 21.9 Å². The van der Waals surface area contributed by atoms with Crippen LogP contribution in [0.2, 0.25) is 25.1 Å². The van der Waals surface area contributed by atoms with Crippen molar-refractivity contribution in [2.45, 2.75) is 108 Å². The van der Waals surface area contributed by atoms with Crippen molar-refractivity contribution in [1.29, 1.82) is 0 Å². The summed E-state index contributed by atoms with van der Waals surface area (Å²) in [7, 11) is 6.22. The van der Waals surface area contributed by atoms with Gasteiger partial charge in [0.05, 0.1) is 79.3 Å². The van der Waals surface area contributed by atoms with Crippen LogP contribution in [0.15, 0.2) is 91.0 Å². The standard InChI is InChI=1S/C83H101Cl5N10O12/c1-53-35-65-68(47-93(2)50-71(65)74(86)36-53)54-5-8-57-44-96(80(102)62(57)37-54)20-26-108-32-29-105-23-17-90-77(99)11-14-83(89,15-12-78(100)91-18-24-106-30-33-109-27-21-97-45-58-9-6-55(38-63(58)81(97)103)69-48-94(3)51-72-66(69)40-60(84)42-75(72)87)16-13-79(101)92-19-25-107-31-34-110-28-22-98-46-59-10-7-56(39-64(59)82(98)104)70-49-95(4)52-73-67(70)41-61(85)43-76(73)88/h5-10,35-43,68-70H,11-34,44-52,89H2,1-4H3,(H,90,99)(H,91,100)(H,92,101). The van der Waals surface area contributed by atoms with Crippen molar-refractivity contribution in [1.82, 2.24) is 45.3 Å². The molecule has 22 nitrogen and oxygen atoms in total. The Hall–Kier alpha value is -6.81. The number of carbonyl (C=O) groups excluding carboxylic acids is 6. The third-order valence-electron chi connectivity index (χ3n) is 21.8. The number of halogens is 5. The number of fused-ring (bicyclic) bond motifs is 6. The molecule has 0 saturated carbocycles. The number of carbonyl (C=O) groups is 6. The molecule has 3 atom stereocenters. The minimum absolute atomic E-state index is 0.00832. The highest BCUT2D eigenvalue weighted by Crippen LogP contribution is 2.43. The molecule has 6 aliphatic heterocycles. The van der Waals surface area contributed by atoms with Crippen LogP contribution >= 0.6 is 58.0 Å². The SMILES string of the molecule is Cc1cc(Cl)c2c(c1)C(c1ccc3c(c1)C(=O)N(CCOCCOCCNC(=O)CCC(N)(CCC(=O)NCCOCCOCCN1Cc4ccc(C5CN(C)Cc6c(Cl)cc(Cl)cc65)cc4C1=O)CCC(=O)NCCOCCOCCN1Cc4ccc(C5CN(C)Cc6c(Cl)cc(Cl)cc65)cc4C1=O)C3)CN(C)C2. The maximum absolute atomic E-state index is 13.6. The van der Waals surface area contributed by atoms with E-state index in [-0.39, 0.29) is 144 Å². The lowest BCUT2D eigenvalue weighted by molar-refractivity contribution is -0.121. The topological polar surface area (TPSA) is 239 Å². The number of nitrogens with one attached hydrogen (secondary N) is 3. The summed E-state index contributed by atoms with van der Waals surface area (Å²) >= 11 is 32.9. The maximum Gasteiger partial charge on any atom is 0.254 e. The molecule has 0 aromatic heterocycles. The Labute approximate surface area is 670 Å². The van der Waals surface area contributed by atoms with Gasteiger partial charge in [0.1, 0.15) is 0 Å². The van der Waals surface area contributed by atoms with Crippen LogP contribution in [0.3, 0.4) is 0 Å². The average molecular weight is 1610 g/mol. The number of nitrogens with two attached hydrogens (primary N) is 1. The fourth-order valence-corrected chi connectivity index (χ4v) is 17.4. The highest BCUT2D eigenvalue weighted by molar-refractivity contribution is 6.36. The number of likely N-dealkylation sites (N-methyl/N-ethyl adjacent to an activating group) is 3. The van der Waals surface area contributed by atoms with Gasteiger partial charge in [-0.1, -0.05) is 100 Å². The van der Waals surface area contributed by atoms with Gasteiger partial charge in [-0.25, -0.2) is 0 Å². The average Bonchev–Trinajstić information content (AvgIpc) is 1.31. The Morgan fingerprint density at radius 2 is 0.709 bits per heavy atom. The summed E-state index contributed by atoms with van der Waals surface area (Å²) in [6.07, 6.45) is 0.820. The highest BCUT2D eigenvalue weighted by atomic mass is 35.5. The Kier molecular flexibility index (Phi) is 29.2. The van der Waals surface area contributed by atoms with Gasteiger partial charge in [-0.2, -0.15) is 0 Å². The number of rotatable bonds is 39. The molecule has 6 heterocycles. The van der Waals surface area contributed by atoms with Crippen molar-refractivity contribution in [3.8, 4) is 0 Å². The molecule has 0 bridgehead atoms. The normalized spacial score (nSPS) is 18.1. The fourth-order valence-electron chi connectivity index (χ4n) is 15.9. The second-order valence-corrected chi connectivity index (χ2v) is 32.1. The Morgan fingerprint density at radius 1 is 0.409 bits per heavy atom. The van der Waals surface area contributed by atoms with Gasteiger partial charge in [0.25, 0.3) is 17.7 Å². The van der Waals surface area contributed by atoms with Gasteiger partial charge < -0.3 is 79.5 Å². The highest BCUT2D eigenvalue weighted by Gasteiger charge is 2.37. The minimum Gasteiger partial charge on any atom is -0.377 e. The molecule has 0 fully saturated rings. The van der Waals surface area contributed by atoms with Crippen LogP contribution in [0.25, 0.3) is 0 Å². The van der Waals surface area contributed by atoms with Gasteiger partial charge in [-0.15, -0.1) is 0 Å². The summed E-state index contributed by atoms with van der Waals surface area (Å²) in [6.45, 7) is 13.7. The minimum atomic E-state index is -1.04. The van der Waals surface area contributed by atoms with Crippen LogP contribution in [0.4, 0.5) is 0 Å². The molecule has 6 aromatic carbocycles. The van der Waals surface area contributed by atoms with E-state index < -0.39 is 5.54 Å². The van der Waals surface area contributed by atoms with E-state index in [0.717, 1.165) is 117 Å².